The summed E-state index contributed by atoms with van der Waals surface area (Å²) in [6.07, 6.45) is 2.06. The smallest absolute Gasteiger partial charge is 0.0619 e. The number of rotatable bonds is 2. The standard InChI is InChI=1S/C13H22N2O2/c1-11-6-13(10-16)7-12(9-15(13)8-11)14-2-4-17-5-3-14/h12,16H,1-10H2. The van der Waals surface area contributed by atoms with Crippen molar-refractivity contribution in [2.45, 2.75) is 24.4 Å². The number of ether oxygens (including phenoxy) is 1. The molecule has 1 N–H and O–H groups in total. The third kappa shape index (κ3) is 1.93. The van der Waals surface area contributed by atoms with Gasteiger partial charge in [0.25, 0.3) is 0 Å². The first kappa shape index (κ1) is 11.7. The second-order valence-electron chi connectivity index (χ2n) is 5.70. The summed E-state index contributed by atoms with van der Waals surface area (Å²) in [7, 11) is 0. The Kier molecular flexibility index (Phi) is 2.99. The van der Waals surface area contributed by atoms with E-state index in [0.29, 0.717) is 6.04 Å². The van der Waals surface area contributed by atoms with Crippen LogP contribution in [-0.2, 0) is 4.74 Å². The van der Waals surface area contributed by atoms with Crippen molar-refractivity contribution >= 4 is 0 Å². The van der Waals surface area contributed by atoms with E-state index in [4.69, 9.17) is 4.74 Å². The fourth-order valence-electron chi connectivity index (χ4n) is 3.70. The van der Waals surface area contributed by atoms with E-state index in [2.05, 4.69) is 16.4 Å². The van der Waals surface area contributed by atoms with E-state index in [1.54, 1.807) is 0 Å². The molecule has 3 heterocycles. The molecule has 2 unspecified atom stereocenters. The molecule has 0 aromatic carbocycles. The highest BCUT2D eigenvalue weighted by molar-refractivity contribution is 5.19. The van der Waals surface area contributed by atoms with Crippen molar-refractivity contribution in [2.24, 2.45) is 0 Å². The Morgan fingerprint density at radius 3 is 2.82 bits per heavy atom. The molecule has 96 valence electrons. The maximum absolute atomic E-state index is 9.73. The third-order valence-corrected chi connectivity index (χ3v) is 4.57. The van der Waals surface area contributed by atoms with E-state index in [-0.39, 0.29) is 12.1 Å². The summed E-state index contributed by atoms with van der Waals surface area (Å²) in [6.45, 7) is 10.2. The molecule has 0 aromatic rings. The SMILES string of the molecule is C=C1CN2CC(N3CCOCC3)CC2(CO)C1. The lowest BCUT2D eigenvalue weighted by molar-refractivity contribution is 0.0179. The average Bonchev–Trinajstić information content (AvgIpc) is 2.83. The monoisotopic (exact) mass is 238 g/mol. The zero-order valence-electron chi connectivity index (χ0n) is 10.4. The lowest BCUT2D eigenvalue weighted by Gasteiger charge is -2.33. The van der Waals surface area contributed by atoms with Crippen LogP contribution in [0.1, 0.15) is 12.8 Å². The summed E-state index contributed by atoms with van der Waals surface area (Å²) in [5.41, 5.74) is 1.28. The highest BCUT2D eigenvalue weighted by Crippen LogP contribution is 2.41. The predicted molar refractivity (Wildman–Crippen MR) is 65.9 cm³/mol. The minimum Gasteiger partial charge on any atom is -0.394 e. The van der Waals surface area contributed by atoms with Gasteiger partial charge in [0.15, 0.2) is 0 Å². The Balaban J connectivity index is 1.70. The summed E-state index contributed by atoms with van der Waals surface area (Å²) in [5, 5.41) is 9.73. The molecular formula is C13H22N2O2. The van der Waals surface area contributed by atoms with Crippen molar-refractivity contribution < 1.29 is 9.84 Å². The lowest BCUT2D eigenvalue weighted by Crippen LogP contribution is -2.44. The van der Waals surface area contributed by atoms with Crippen LogP contribution in [0.4, 0.5) is 0 Å². The highest BCUT2D eigenvalue weighted by atomic mass is 16.5. The summed E-state index contributed by atoms with van der Waals surface area (Å²) < 4.78 is 5.40. The van der Waals surface area contributed by atoms with E-state index in [0.717, 1.165) is 52.2 Å². The van der Waals surface area contributed by atoms with Crippen molar-refractivity contribution in [2.75, 3.05) is 46.0 Å². The van der Waals surface area contributed by atoms with Gasteiger partial charge in [-0.25, -0.2) is 0 Å². The van der Waals surface area contributed by atoms with Gasteiger partial charge in [0.05, 0.1) is 19.8 Å². The summed E-state index contributed by atoms with van der Waals surface area (Å²) in [4.78, 5) is 4.97. The quantitative estimate of drug-likeness (QED) is 0.691. The molecule has 3 aliphatic rings. The molecule has 0 bridgehead atoms. The van der Waals surface area contributed by atoms with Gasteiger partial charge in [-0.1, -0.05) is 12.2 Å². The molecule has 0 amide bonds. The average molecular weight is 238 g/mol. The van der Waals surface area contributed by atoms with E-state index >= 15 is 0 Å². The third-order valence-electron chi connectivity index (χ3n) is 4.57. The maximum atomic E-state index is 9.73. The fourth-order valence-corrected chi connectivity index (χ4v) is 3.70. The van der Waals surface area contributed by atoms with Gasteiger partial charge in [-0.05, 0) is 12.8 Å². The molecular weight excluding hydrogens is 216 g/mol. The van der Waals surface area contributed by atoms with Gasteiger partial charge in [0.2, 0.25) is 0 Å². The van der Waals surface area contributed by atoms with E-state index in [1.807, 2.05) is 0 Å². The maximum Gasteiger partial charge on any atom is 0.0619 e. The summed E-state index contributed by atoms with van der Waals surface area (Å²) >= 11 is 0. The second kappa shape index (κ2) is 4.35. The first-order valence-electron chi connectivity index (χ1n) is 6.58. The summed E-state index contributed by atoms with van der Waals surface area (Å²) in [5.74, 6) is 0. The van der Waals surface area contributed by atoms with Crippen molar-refractivity contribution in [3.8, 4) is 0 Å². The Morgan fingerprint density at radius 1 is 1.41 bits per heavy atom. The van der Waals surface area contributed by atoms with Crippen LogP contribution in [0, 0.1) is 0 Å². The molecule has 3 saturated heterocycles. The normalized spacial score (nSPS) is 39.8. The highest BCUT2D eigenvalue weighted by Gasteiger charge is 2.50. The zero-order chi connectivity index (χ0) is 11.9. The Hall–Kier alpha value is -0.420. The first-order valence-corrected chi connectivity index (χ1v) is 6.58. The van der Waals surface area contributed by atoms with Gasteiger partial charge >= 0.3 is 0 Å². The van der Waals surface area contributed by atoms with Gasteiger partial charge in [-0.3, -0.25) is 9.80 Å². The number of fused-ring (bicyclic) bond motifs is 1. The largest absolute Gasteiger partial charge is 0.394 e. The molecule has 0 aromatic heterocycles. The van der Waals surface area contributed by atoms with Crippen LogP contribution in [0.25, 0.3) is 0 Å². The summed E-state index contributed by atoms with van der Waals surface area (Å²) in [6, 6.07) is 0.596. The van der Waals surface area contributed by atoms with Crippen LogP contribution in [-0.4, -0.2) is 72.5 Å². The van der Waals surface area contributed by atoms with Gasteiger partial charge in [-0.2, -0.15) is 0 Å². The first-order chi connectivity index (χ1) is 8.23. The molecule has 0 radical (unpaired) electrons. The second-order valence-corrected chi connectivity index (χ2v) is 5.70. The van der Waals surface area contributed by atoms with Crippen LogP contribution >= 0.6 is 0 Å². The van der Waals surface area contributed by atoms with Crippen LogP contribution in [0.3, 0.4) is 0 Å². The number of nitrogens with zero attached hydrogens (tertiary/aromatic N) is 2. The molecule has 2 atom stereocenters. The van der Waals surface area contributed by atoms with Crippen molar-refractivity contribution in [1.82, 2.24) is 9.80 Å². The minimum atomic E-state index is 0.0000539. The van der Waals surface area contributed by atoms with Crippen LogP contribution in [0.5, 0.6) is 0 Å². The van der Waals surface area contributed by atoms with Crippen LogP contribution in [0.15, 0.2) is 12.2 Å². The van der Waals surface area contributed by atoms with Gasteiger partial charge in [0, 0.05) is 37.8 Å². The lowest BCUT2D eigenvalue weighted by atomic mass is 9.92. The molecule has 17 heavy (non-hydrogen) atoms. The molecule has 0 aliphatic carbocycles. The van der Waals surface area contributed by atoms with Crippen molar-refractivity contribution in [3.63, 3.8) is 0 Å². The zero-order valence-corrected chi connectivity index (χ0v) is 10.4. The predicted octanol–water partition coefficient (Wildman–Crippen LogP) is 0.0839. The number of aliphatic hydroxyl groups excluding tert-OH is 1. The van der Waals surface area contributed by atoms with Crippen molar-refractivity contribution in [3.05, 3.63) is 12.2 Å². The van der Waals surface area contributed by atoms with Crippen LogP contribution < -0.4 is 0 Å². The number of morpholine rings is 1. The number of hydrogen-bond acceptors (Lipinski definition) is 4. The van der Waals surface area contributed by atoms with Crippen molar-refractivity contribution in [1.29, 1.82) is 0 Å². The van der Waals surface area contributed by atoms with E-state index in [9.17, 15) is 5.11 Å². The molecule has 3 fully saturated rings. The molecule has 3 aliphatic heterocycles. The molecule has 4 nitrogen and oxygen atoms in total. The number of aliphatic hydroxyl groups is 1. The van der Waals surface area contributed by atoms with Gasteiger partial charge in [-0.15, -0.1) is 0 Å². The van der Waals surface area contributed by atoms with E-state index < -0.39 is 0 Å². The molecule has 3 rings (SSSR count). The Labute approximate surface area is 103 Å². The fraction of sp³-hybridized carbons (Fsp3) is 0.846. The Bertz CT molecular complexity index is 315. The molecule has 0 spiro atoms. The topological polar surface area (TPSA) is 35.9 Å². The molecule has 0 saturated carbocycles. The van der Waals surface area contributed by atoms with Gasteiger partial charge in [0.1, 0.15) is 0 Å². The Morgan fingerprint density at radius 2 is 2.18 bits per heavy atom. The van der Waals surface area contributed by atoms with Gasteiger partial charge < -0.3 is 9.84 Å². The molecule has 4 heteroatoms. The van der Waals surface area contributed by atoms with E-state index in [1.165, 1.54) is 5.57 Å². The minimum absolute atomic E-state index is 0.0000539. The number of hydrogen-bond donors (Lipinski definition) is 1. The van der Waals surface area contributed by atoms with Crippen LogP contribution in [0.2, 0.25) is 0 Å².